The van der Waals surface area contributed by atoms with Gasteiger partial charge in [0.2, 0.25) is 5.91 Å². The Morgan fingerprint density at radius 3 is 2.57 bits per heavy atom. The first-order valence-electron chi connectivity index (χ1n) is 9.29. The smallest absolute Gasteiger partial charge is 0.242 e. The van der Waals surface area contributed by atoms with Crippen LogP contribution in [0.1, 0.15) is 21.5 Å². The summed E-state index contributed by atoms with van der Waals surface area (Å²) in [6.07, 6.45) is 0.694. The van der Waals surface area contributed by atoms with Crippen molar-refractivity contribution in [3.63, 3.8) is 0 Å². The van der Waals surface area contributed by atoms with Crippen LogP contribution < -0.4 is 5.32 Å². The Labute approximate surface area is 182 Å². The molecule has 2 aromatic heterocycles. The second kappa shape index (κ2) is 9.23. The summed E-state index contributed by atoms with van der Waals surface area (Å²) in [5.41, 5.74) is 1.39. The summed E-state index contributed by atoms with van der Waals surface area (Å²) in [6.45, 7) is 0. The molecule has 0 saturated heterocycles. The summed E-state index contributed by atoms with van der Waals surface area (Å²) in [4.78, 5) is 14.3. The number of nitrogens with one attached hydrogen (secondary N) is 1. The first-order valence-corrected chi connectivity index (χ1v) is 11.0. The summed E-state index contributed by atoms with van der Waals surface area (Å²) in [5.74, 6) is 0.283. The quantitative estimate of drug-likeness (QED) is 0.409. The molecule has 0 spiro atoms. The van der Waals surface area contributed by atoms with Crippen molar-refractivity contribution in [2.24, 2.45) is 7.05 Å². The van der Waals surface area contributed by atoms with Crippen LogP contribution in [0.4, 0.5) is 10.1 Å². The lowest BCUT2D eigenvalue weighted by Crippen LogP contribution is -2.19. The molecule has 4 rings (SSSR count). The van der Waals surface area contributed by atoms with Crippen LogP contribution in [0, 0.1) is 5.82 Å². The van der Waals surface area contributed by atoms with Gasteiger partial charge in [0.05, 0.1) is 0 Å². The second-order valence-electron chi connectivity index (χ2n) is 6.62. The van der Waals surface area contributed by atoms with Crippen molar-refractivity contribution in [3.8, 4) is 0 Å². The number of carbonyl (C=O) groups is 1. The number of halogens is 1. The predicted octanol–water partition coefficient (Wildman–Crippen LogP) is 5.08. The molecule has 0 fully saturated rings. The predicted molar refractivity (Wildman–Crippen MR) is 118 cm³/mol. The van der Waals surface area contributed by atoms with Gasteiger partial charge < -0.3 is 9.88 Å². The Balaban J connectivity index is 1.57. The first kappa shape index (κ1) is 20.3. The number of rotatable bonds is 7. The molecule has 2 heterocycles. The van der Waals surface area contributed by atoms with Crippen LogP contribution in [-0.2, 0) is 18.3 Å². The molecule has 4 aromatic rings. The minimum absolute atomic E-state index is 0.208. The zero-order valence-corrected chi connectivity index (χ0v) is 17.8. The van der Waals surface area contributed by atoms with E-state index in [0.717, 1.165) is 11.4 Å². The third-order valence-electron chi connectivity index (χ3n) is 4.51. The fourth-order valence-electron chi connectivity index (χ4n) is 2.92. The number of thioether (sulfide) groups is 1. The van der Waals surface area contributed by atoms with E-state index in [1.54, 1.807) is 23.5 Å². The summed E-state index contributed by atoms with van der Waals surface area (Å²) >= 11 is 3.01. The molecule has 0 saturated carbocycles. The molecule has 30 heavy (non-hydrogen) atoms. The van der Waals surface area contributed by atoms with E-state index in [0.29, 0.717) is 17.3 Å². The van der Waals surface area contributed by atoms with Gasteiger partial charge in [-0.25, -0.2) is 4.39 Å². The SMILES string of the molecule is Cn1c(Cc2cccs2)nnc1SC(C(=O)Nc1ccc(F)cc1)c1ccccc1. The van der Waals surface area contributed by atoms with Crippen LogP contribution in [0.25, 0.3) is 0 Å². The Hall–Kier alpha value is -2.97. The highest BCUT2D eigenvalue weighted by Crippen LogP contribution is 2.35. The number of amides is 1. The molecule has 8 heteroatoms. The topological polar surface area (TPSA) is 59.8 Å². The van der Waals surface area contributed by atoms with Gasteiger partial charge in [-0.2, -0.15) is 0 Å². The number of thiophene rings is 1. The highest BCUT2D eigenvalue weighted by molar-refractivity contribution is 8.00. The van der Waals surface area contributed by atoms with Crippen molar-refractivity contribution in [1.82, 2.24) is 14.8 Å². The maximum Gasteiger partial charge on any atom is 0.242 e. The van der Waals surface area contributed by atoms with E-state index in [9.17, 15) is 9.18 Å². The molecule has 1 amide bonds. The van der Waals surface area contributed by atoms with E-state index in [1.165, 1.54) is 28.8 Å². The number of benzene rings is 2. The third kappa shape index (κ3) is 4.77. The Kier molecular flexibility index (Phi) is 6.25. The number of carbonyl (C=O) groups excluding carboxylic acids is 1. The molecule has 0 aliphatic heterocycles. The Bertz CT molecular complexity index is 1110. The lowest BCUT2D eigenvalue weighted by Gasteiger charge is -2.16. The minimum Gasteiger partial charge on any atom is -0.325 e. The van der Waals surface area contributed by atoms with E-state index in [4.69, 9.17) is 0 Å². The molecule has 0 aliphatic rings. The van der Waals surface area contributed by atoms with Gasteiger partial charge in [0.1, 0.15) is 16.9 Å². The van der Waals surface area contributed by atoms with Crippen LogP contribution in [0.2, 0.25) is 0 Å². The molecule has 152 valence electrons. The molecular weight excluding hydrogens is 419 g/mol. The van der Waals surface area contributed by atoms with Crippen molar-refractivity contribution < 1.29 is 9.18 Å². The van der Waals surface area contributed by atoms with Gasteiger partial charge in [0, 0.05) is 24.0 Å². The highest BCUT2D eigenvalue weighted by atomic mass is 32.2. The van der Waals surface area contributed by atoms with E-state index >= 15 is 0 Å². The van der Waals surface area contributed by atoms with Gasteiger partial charge in [0.25, 0.3) is 0 Å². The lowest BCUT2D eigenvalue weighted by atomic mass is 10.1. The summed E-state index contributed by atoms with van der Waals surface area (Å²) < 4.78 is 15.1. The maximum absolute atomic E-state index is 13.2. The van der Waals surface area contributed by atoms with Gasteiger partial charge in [-0.1, -0.05) is 48.2 Å². The molecule has 0 radical (unpaired) electrons. The highest BCUT2D eigenvalue weighted by Gasteiger charge is 2.25. The number of nitrogens with zero attached hydrogens (tertiary/aromatic N) is 3. The van der Waals surface area contributed by atoms with Crippen molar-refractivity contribution in [2.45, 2.75) is 16.8 Å². The van der Waals surface area contributed by atoms with E-state index in [1.807, 2.05) is 53.4 Å². The molecule has 0 bridgehead atoms. The number of hydrogen-bond donors (Lipinski definition) is 1. The molecular formula is C22H19FN4OS2. The van der Waals surface area contributed by atoms with E-state index < -0.39 is 5.25 Å². The lowest BCUT2D eigenvalue weighted by molar-refractivity contribution is -0.115. The van der Waals surface area contributed by atoms with Gasteiger partial charge in [-0.05, 0) is 41.3 Å². The van der Waals surface area contributed by atoms with Crippen LogP contribution in [0.15, 0.2) is 77.3 Å². The molecule has 2 aromatic carbocycles. The fraction of sp³-hybridized carbons (Fsp3) is 0.136. The third-order valence-corrected chi connectivity index (χ3v) is 6.68. The number of aromatic nitrogens is 3. The summed E-state index contributed by atoms with van der Waals surface area (Å²) in [6, 6.07) is 19.3. The zero-order chi connectivity index (χ0) is 20.9. The van der Waals surface area contributed by atoms with Crippen molar-refractivity contribution in [2.75, 3.05) is 5.32 Å². The fourth-order valence-corrected chi connectivity index (χ4v) is 4.64. The Morgan fingerprint density at radius 2 is 1.87 bits per heavy atom. The molecule has 0 aliphatic carbocycles. The summed E-state index contributed by atoms with van der Waals surface area (Å²) in [5, 5.41) is 13.7. The molecule has 5 nitrogen and oxygen atoms in total. The maximum atomic E-state index is 13.2. The minimum atomic E-state index is -0.534. The molecule has 1 N–H and O–H groups in total. The van der Waals surface area contributed by atoms with Gasteiger partial charge in [-0.3, -0.25) is 4.79 Å². The number of hydrogen-bond acceptors (Lipinski definition) is 5. The second-order valence-corrected chi connectivity index (χ2v) is 8.72. The number of anilines is 1. The van der Waals surface area contributed by atoms with Crippen molar-refractivity contribution in [3.05, 3.63) is 94.2 Å². The monoisotopic (exact) mass is 438 g/mol. The average molecular weight is 439 g/mol. The van der Waals surface area contributed by atoms with Crippen LogP contribution in [-0.4, -0.2) is 20.7 Å². The largest absolute Gasteiger partial charge is 0.325 e. The zero-order valence-electron chi connectivity index (χ0n) is 16.2. The van der Waals surface area contributed by atoms with Crippen LogP contribution in [0.3, 0.4) is 0 Å². The van der Waals surface area contributed by atoms with Gasteiger partial charge in [-0.15, -0.1) is 21.5 Å². The average Bonchev–Trinajstić information content (AvgIpc) is 3.39. The van der Waals surface area contributed by atoms with Crippen LogP contribution >= 0.6 is 23.1 Å². The van der Waals surface area contributed by atoms with Crippen LogP contribution in [0.5, 0.6) is 0 Å². The van der Waals surface area contributed by atoms with E-state index in [2.05, 4.69) is 21.6 Å². The standard InChI is InChI=1S/C22H19FN4OS2/c1-27-19(14-18-8-5-13-29-18)25-26-22(27)30-20(15-6-3-2-4-7-15)21(28)24-17-11-9-16(23)10-12-17/h2-13,20H,14H2,1H3,(H,24,28). The normalized spacial score (nSPS) is 11.9. The first-order chi connectivity index (χ1) is 14.6. The van der Waals surface area contributed by atoms with Gasteiger partial charge in [0.15, 0.2) is 5.16 Å². The van der Waals surface area contributed by atoms with Gasteiger partial charge >= 0.3 is 0 Å². The molecule has 1 unspecified atom stereocenters. The molecule has 1 atom stereocenters. The summed E-state index contributed by atoms with van der Waals surface area (Å²) in [7, 11) is 1.91. The van der Waals surface area contributed by atoms with Crippen molar-refractivity contribution >= 4 is 34.7 Å². The van der Waals surface area contributed by atoms with Crippen molar-refractivity contribution in [1.29, 1.82) is 0 Å². The Morgan fingerprint density at radius 1 is 1.10 bits per heavy atom. The van der Waals surface area contributed by atoms with E-state index in [-0.39, 0.29) is 11.7 Å².